The number of nitrogens with one attached hydrogen (secondary N) is 2. The number of hydrogen-bond donors (Lipinski definition) is 8. The highest BCUT2D eigenvalue weighted by atomic mass is 32.7. The molecule has 4 aromatic rings. The zero-order valence-corrected chi connectivity index (χ0v) is 26.1. The van der Waals surface area contributed by atoms with Crippen molar-refractivity contribution in [2.75, 3.05) is 18.1 Å². The Morgan fingerprint density at radius 2 is 1.61 bits per heavy atom. The number of thiol groups is 1. The molecule has 46 heavy (non-hydrogen) atoms. The Kier molecular flexibility index (Phi) is 6.69. The van der Waals surface area contributed by atoms with Crippen molar-refractivity contribution in [3.05, 3.63) is 33.4 Å². The number of nitrogen functional groups attached to an aromatic ring is 2. The average Bonchev–Trinajstić information content (AvgIpc) is 3.43. The molecule has 0 aromatic carbocycles. The zero-order chi connectivity index (χ0) is 32.5. The van der Waals surface area contributed by atoms with Gasteiger partial charge in [0.1, 0.15) is 36.1 Å². The Bertz CT molecular complexity index is 2140. The number of hydrogen-bond acceptors (Lipinski definition) is 18. The molecule has 9 N–H and O–H groups in total. The van der Waals surface area contributed by atoms with Crippen LogP contribution in [0, 0.1) is 0 Å². The lowest BCUT2D eigenvalue weighted by Gasteiger charge is -2.29. The van der Waals surface area contributed by atoms with Crippen LogP contribution in [-0.4, -0.2) is 103 Å². The molecule has 1 saturated carbocycles. The van der Waals surface area contributed by atoms with E-state index >= 15 is 0 Å². The fraction of sp³-hybridized carbons (Fsp3) is 0.500. The van der Waals surface area contributed by atoms with Crippen LogP contribution in [0.15, 0.2) is 22.2 Å². The zero-order valence-electron chi connectivity index (χ0n) is 22.6. The van der Waals surface area contributed by atoms with Crippen LogP contribution in [0.3, 0.4) is 0 Å². The molecule has 0 spiro atoms. The minimum atomic E-state index is -4.57. The molecule has 0 bridgehead atoms. The first-order valence-electron chi connectivity index (χ1n) is 13.2. The molecular weight excluding hydrogens is 698 g/mol. The number of fused-ring (bicyclic) bond motifs is 6. The summed E-state index contributed by atoms with van der Waals surface area (Å²) in [6.07, 6.45) is -7.94. The van der Waals surface area contributed by atoms with Gasteiger partial charge in [-0.3, -0.25) is 37.7 Å². The lowest BCUT2D eigenvalue weighted by molar-refractivity contribution is -0.128. The summed E-state index contributed by atoms with van der Waals surface area (Å²) in [5.41, 5.74) is 7.93. The van der Waals surface area contributed by atoms with Gasteiger partial charge in [-0.05, 0) is 11.8 Å². The minimum Gasteiger partial charge on any atom is -0.385 e. The Hall–Kier alpha value is -2.83. The summed E-state index contributed by atoms with van der Waals surface area (Å²) >= 11 is 9.25. The molecule has 1 aliphatic carbocycles. The number of aliphatic hydroxyl groups excluding tert-OH is 1. The topological polar surface area (TPSA) is 312 Å². The molecule has 0 radical (unpaired) electrons. The SMILES string of the molecule is Nc1nc2c(ncn2C2[C@@H]3O[C@@H]4COP(O)(=S)OC5C(O)[C@H](n6cnc7c(=O)[nH]c(N)nc76)O[C@@H]5OP(=O)(S)OC4C23O)c(=O)[nH]1. The van der Waals surface area contributed by atoms with Crippen molar-refractivity contribution < 1.29 is 47.2 Å². The van der Waals surface area contributed by atoms with Gasteiger partial charge < -0.3 is 45.1 Å². The van der Waals surface area contributed by atoms with Crippen LogP contribution in [0.1, 0.15) is 12.3 Å². The van der Waals surface area contributed by atoms with E-state index in [1.807, 2.05) is 0 Å². The van der Waals surface area contributed by atoms with Crippen LogP contribution in [0.4, 0.5) is 11.9 Å². The summed E-state index contributed by atoms with van der Waals surface area (Å²) in [5, 5.41) is 23.0. The van der Waals surface area contributed by atoms with Gasteiger partial charge in [0, 0.05) is 0 Å². The number of nitrogens with two attached hydrogens (primary N) is 2. The van der Waals surface area contributed by atoms with Gasteiger partial charge in [0.05, 0.1) is 25.3 Å². The van der Waals surface area contributed by atoms with Gasteiger partial charge in [0.25, 0.3) is 11.1 Å². The highest BCUT2D eigenvalue weighted by Gasteiger charge is 2.79. The second kappa shape index (κ2) is 10.1. The second-order valence-electron chi connectivity index (χ2n) is 10.8. The first-order valence-corrected chi connectivity index (χ1v) is 18.5. The quantitative estimate of drug-likeness (QED) is 0.0801. The summed E-state index contributed by atoms with van der Waals surface area (Å²) in [6.45, 7) is -9.33. The van der Waals surface area contributed by atoms with Gasteiger partial charge in [0.2, 0.25) is 11.9 Å². The molecule has 3 saturated heterocycles. The van der Waals surface area contributed by atoms with E-state index < -0.39 is 85.9 Å². The first-order chi connectivity index (χ1) is 21.7. The Morgan fingerprint density at radius 1 is 1.00 bits per heavy atom. The number of rotatable bonds is 2. The van der Waals surface area contributed by atoms with E-state index in [4.69, 9.17) is 50.8 Å². The Balaban J connectivity index is 1.12. The molecule has 11 atom stereocenters. The number of anilines is 2. The lowest BCUT2D eigenvalue weighted by Crippen LogP contribution is -2.41. The van der Waals surface area contributed by atoms with Crippen molar-refractivity contribution in [1.82, 2.24) is 39.0 Å². The second-order valence-corrected chi connectivity index (χ2v) is 16.4. The average molecular weight is 721 g/mol. The summed E-state index contributed by atoms with van der Waals surface area (Å²) in [5.74, 6) is -0.446. The van der Waals surface area contributed by atoms with Crippen LogP contribution in [0.5, 0.6) is 0 Å². The number of aromatic amines is 2. The van der Waals surface area contributed by atoms with Crippen molar-refractivity contribution in [1.29, 1.82) is 0 Å². The molecule has 4 aromatic heterocycles. The summed E-state index contributed by atoms with van der Waals surface area (Å²) in [4.78, 5) is 56.3. The van der Waals surface area contributed by atoms with E-state index in [1.54, 1.807) is 0 Å². The molecule has 246 valence electrons. The van der Waals surface area contributed by atoms with Gasteiger partial charge in [-0.2, -0.15) is 9.97 Å². The standard InChI is InChI=1S/C20H22N10O12P2S2/c21-18-25-12-5(14(32)27-18)23-2-29(12)9-11-20(9,34)10-4(38-11)1-37-43(35,45)40-8-7(31)16(39-17(8)42-44(36,46)41-10)30-3-24-6-13(30)26-19(22)28-15(6)33/h2-4,7-11,16-17,31,34H,1H2,(H,35,45)(H,36,46)(H3,21,25,27,32)(H3,22,26,28,33)/t4-,7?,8?,9?,10?,11+,16-,17-,20?,43?,44?/m1/s1. The predicted octanol–water partition coefficient (Wildman–Crippen LogP) is -2.24. The highest BCUT2D eigenvalue weighted by molar-refractivity contribution is 8.44. The number of nitrogens with zero attached hydrogens (tertiary/aromatic N) is 6. The number of imidazole rings is 2. The maximum absolute atomic E-state index is 13.8. The number of aromatic nitrogens is 8. The van der Waals surface area contributed by atoms with Crippen molar-refractivity contribution >= 4 is 71.8 Å². The number of aliphatic hydroxyl groups is 2. The van der Waals surface area contributed by atoms with E-state index in [-0.39, 0.29) is 34.2 Å². The predicted molar refractivity (Wildman–Crippen MR) is 158 cm³/mol. The van der Waals surface area contributed by atoms with Crippen LogP contribution >= 0.6 is 25.8 Å². The maximum atomic E-state index is 13.8. The third kappa shape index (κ3) is 4.60. The molecule has 22 nitrogen and oxygen atoms in total. The molecule has 4 aliphatic rings. The summed E-state index contributed by atoms with van der Waals surface area (Å²) < 4.78 is 50.4. The van der Waals surface area contributed by atoms with E-state index in [0.29, 0.717) is 0 Å². The lowest BCUT2D eigenvalue weighted by atomic mass is 10.1. The van der Waals surface area contributed by atoms with Crippen molar-refractivity contribution in [2.45, 2.75) is 54.7 Å². The van der Waals surface area contributed by atoms with Gasteiger partial charge in [-0.25, -0.2) is 14.5 Å². The van der Waals surface area contributed by atoms with Crippen LogP contribution < -0.4 is 22.6 Å². The molecular formula is C20H22N10O12P2S2. The van der Waals surface area contributed by atoms with Gasteiger partial charge in [0.15, 0.2) is 34.8 Å². The fourth-order valence-corrected chi connectivity index (χ4v) is 9.10. The Labute approximate surface area is 263 Å². The largest absolute Gasteiger partial charge is 0.388 e. The molecule has 7 heterocycles. The van der Waals surface area contributed by atoms with E-state index in [0.717, 1.165) is 10.9 Å². The van der Waals surface area contributed by atoms with E-state index in [1.165, 1.54) is 10.9 Å². The highest BCUT2D eigenvalue weighted by Crippen LogP contribution is 2.67. The molecule has 8 rings (SSSR count). The Morgan fingerprint density at radius 3 is 2.26 bits per heavy atom. The van der Waals surface area contributed by atoms with E-state index in [9.17, 15) is 29.3 Å². The molecule has 7 unspecified atom stereocenters. The van der Waals surface area contributed by atoms with Gasteiger partial charge in [-0.1, -0.05) is 12.2 Å². The normalized spacial score (nSPS) is 40.8. The van der Waals surface area contributed by atoms with Crippen LogP contribution in [0.25, 0.3) is 22.3 Å². The van der Waals surface area contributed by atoms with Crippen molar-refractivity contribution in [2.24, 2.45) is 0 Å². The molecule has 4 fully saturated rings. The third-order valence-corrected chi connectivity index (χ3v) is 11.1. The van der Waals surface area contributed by atoms with Crippen molar-refractivity contribution in [3.8, 4) is 0 Å². The number of H-pyrrole nitrogens is 2. The first kappa shape index (κ1) is 30.5. The smallest absolute Gasteiger partial charge is 0.385 e. The maximum Gasteiger partial charge on any atom is 0.388 e. The third-order valence-electron chi connectivity index (χ3n) is 8.01. The van der Waals surface area contributed by atoms with Gasteiger partial charge >= 0.3 is 13.5 Å². The van der Waals surface area contributed by atoms with Crippen LogP contribution in [-0.2, 0) is 43.9 Å². The van der Waals surface area contributed by atoms with Gasteiger partial charge in [-0.15, -0.1) is 0 Å². The fourth-order valence-electron chi connectivity index (χ4n) is 6.04. The minimum absolute atomic E-state index is 0.0409. The molecule has 3 aliphatic heterocycles. The van der Waals surface area contributed by atoms with E-state index in [2.05, 4.69) is 42.2 Å². The molecule has 0 amide bonds. The molecule has 26 heteroatoms. The van der Waals surface area contributed by atoms with Crippen LogP contribution in [0.2, 0.25) is 0 Å². The van der Waals surface area contributed by atoms with Crippen molar-refractivity contribution in [3.63, 3.8) is 0 Å². The summed E-state index contributed by atoms with van der Waals surface area (Å²) in [7, 11) is 0. The summed E-state index contributed by atoms with van der Waals surface area (Å²) in [6, 6.07) is -0.960. The number of ether oxygens (including phenoxy) is 2. The monoisotopic (exact) mass is 720 g/mol.